The third-order valence-corrected chi connectivity index (χ3v) is 2.39. The van der Waals surface area contributed by atoms with E-state index in [0.29, 0.717) is 5.76 Å². The second kappa shape index (κ2) is 4.63. The summed E-state index contributed by atoms with van der Waals surface area (Å²) in [5.41, 5.74) is 0. The van der Waals surface area contributed by atoms with Gasteiger partial charge in [-0.3, -0.25) is 0 Å². The number of rotatable bonds is 2. The van der Waals surface area contributed by atoms with Crippen molar-refractivity contribution in [3.05, 3.63) is 11.5 Å². The molecule has 0 fully saturated rings. The molecule has 5 nitrogen and oxygen atoms in total. The van der Waals surface area contributed by atoms with E-state index in [2.05, 4.69) is 3.07 Å². The van der Waals surface area contributed by atoms with Crippen molar-refractivity contribution in [2.24, 2.45) is 0 Å². The summed E-state index contributed by atoms with van der Waals surface area (Å²) in [6, 6.07) is 0. The quantitative estimate of drug-likeness (QED) is 0.335. The summed E-state index contributed by atoms with van der Waals surface area (Å²) in [5.74, 6) is -0.0394. The molecule has 80 valence electrons. The average Bonchev–Trinajstić information content (AvgIpc) is 2.33. The third kappa shape index (κ3) is 2.37. The van der Waals surface area contributed by atoms with Crippen LogP contribution in [0, 0.1) is 0 Å². The molecule has 1 atom stereocenters. The van der Waals surface area contributed by atoms with E-state index in [1.807, 2.05) is 0 Å². The number of alkyl halides is 1. The third-order valence-electron chi connectivity index (χ3n) is 1.59. The standard InChI is InChI=1S/C8H10IO5/c1-4-6(10)7(5(2)12-4)13-8(11)14-9-3/h4H,1-3H3/q-1. The van der Waals surface area contributed by atoms with Gasteiger partial charge >= 0.3 is 92.1 Å². The zero-order valence-electron chi connectivity index (χ0n) is 8.00. The van der Waals surface area contributed by atoms with Crippen LogP contribution >= 0.6 is 0 Å². The maximum absolute atomic E-state index is 11.3. The van der Waals surface area contributed by atoms with Gasteiger partial charge in [0.05, 0.1) is 0 Å². The number of carbonyl (C=O) groups is 2. The summed E-state index contributed by atoms with van der Waals surface area (Å²) in [7, 11) is 0. The van der Waals surface area contributed by atoms with Crippen LogP contribution in [0.25, 0.3) is 0 Å². The molecule has 0 spiro atoms. The van der Waals surface area contributed by atoms with Crippen molar-refractivity contribution < 1.29 is 43.7 Å². The number of ether oxygens (including phenoxy) is 2. The van der Waals surface area contributed by atoms with Gasteiger partial charge in [-0.05, 0) is 0 Å². The number of hydrogen-bond acceptors (Lipinski definition) is 5. The van der Waals surface area contributed by atoms with Gasteiger partial charge in [-0.2, -0.15) is 0 Å². The molecular weight excluding hydrogens is 303 g/mol. The molecule has 1 aliphatic rings. The molecule has 1 unspecified atom stereocenters. The summed E-state index contributed by atoms with van der Waals surface area (Å²) >= 11 is -0.645. The summed E-state index contributed by atoms with van der Waals surface area (Å²) < 4.78 is 14.4. The van der Waals surface area contributed by atoms with Gasteiger partial charge < -0.3 is 0 Å². The van der Waals surface area contributed by atoms with Crippen LogP contribution in [0.15, 0.2) is 11.5 Å². The van der Waals surface area contributed by atoms with Crippen molar-refractivity contribution in [3.63, 3.8) is 0 Å². The first kappa shape index (κ1) is 11.3. The molecule has 0 aromatic rings. The van der Waals surface area contributed by atoms with Gasteiger partial charge in [-0.15, -0.1) is 0 Å². The Balaban J connectivity index is 2.64. The molecule has 0 saturated heterocycles. The van der Waals surface area contributed by atoms with Crippen molar-refractivity contribution in [3.8, 4) is 0 Å². The zero-order valence-corrected chi connectivity index (χ0v) is 10.2. The van der Waals surface area contributed by atoms with E-state index >= 15 is 0 Å². The number of carbonyl (C=O) groups excluding carboxylic acids is 2. The van der Waals surface area contributed by atoms with E-state index in [0.717, 1.165) is 0 Å². The Bertz CT molecular complexity index is 296. The van der Waals surface area contributed by atoms with E-state index in [9.17, 15) is 9.59 Å². The van der Waals surface area contributed by atoms with Gasteiger partial charge in [0.15, 0.2) is 0 Å². The van der Waals surface area contributed by atoms with Crippen molar-refractivity contribution in [1.29, 1.82) is 0 Å². The minimum atomic E-state index is -0.833. The first-order valence-electron chi connectivity index (χ1n) is 3.86. The zero-order chi connectivity index (χ0) is 10.7. The Kier molecular flexibility index (Phi) is 3.73. The van der Waals surface area contributed by atoms with Gasteiger partial charge in [0, 0.05) is 0 Å². The minimum absolute atomic E-state index is 0.0417. The predicted octanol–water partition coefficient (Wildman–Crippen LogP) is -2.01. The number of halogens is 1. The van der Waals surface area contributed by atoms with Crippen molar-refractivity contribution >= 4 is 11.9 Å². The molecular formula is C8H10IO5-. The Morgan fingerprint density at radius 2 is 2.21 bits per heavy atom. The molecule has 0 radical (unpaired) electrons. The Morgan fingerprint density at radius 1 is 1.57 bits per heavy atom. The van der Waals surface area contributed by atoms with Gasteiger partial charge in [-0.25, -0.2) is 0 Å². The van der Waals surface area contributed by atoms with Gasteiger partial charge in [-0.1, -0.05) is 0 Å². The van der Waals surface area contributed by atoms with Crippen LogP contribution < -0.4 is 21.6 Å². The van der Waals surface area contributed by atoms with E-state index in [4.69, 9.17) is 9.47 Å². The van der Waals surface area contributed by atoms with Crippen LogP contribution in [0.2, 0.25) is 0 Å². The van der Waals surface area contributed by atoms with Gasteiger partial charge in [0.25, 0.3) is 0 Å². The SMILES string of the molecule is C[I-]OC(=O)OC1=C(C)OC(C)C1=O. The molecule has 0 saturated carbocycles. The molecule has 1 aliphatic heterocycles. The maximum atomic E-state index is 11.3. The number of hydrogen-bond donors (Lipinski definition) is 0. The molecule has 0 aromatic carbocycles. The molecule has 14 heavy (non-hydrogen) atoms. The number of allylic oxidation sites excluding steroid dienone is 1. The average molecular weight is 313 g/mol. The van der Waals surface area contributed by atoms with E-state index in [-0.39, 0.29) is 11.5 Å². The molecule has 6 heteroatoms. The Hall–Kier alpha value is -0.790. The first-order valence-corrected chi connectivity index (χ1v) is 6.90. The molecule has 1 rings (SSSR count). The van der Waals surface area contributed by atoms with Crippen LogP contribution in [-0.4, -0.2) is 23.0 Å². The number of ketones is 1. The fraction of sp³-hybridized carbons (Fsp3) is 0.500. The molecule has 0 aromatic heterocycles. The predicted molar refractivity (Wildman–Crippen MR) is 41.7 cm³/mol. The monoisotopic (exact) mass is 313 g/mol. The van der Waals surface area contributed by atoms with Crippen molar-refractivity contribution in [2.75, 3.05) is 4.93 Å². The van der Waals surface area contributed by atoms with Crippen LogP contribution in [-0.2, 0) is 17.3 Å². The van der Waals surface area contributed by atoms with Crippen molar-refractivity contribution in [2.45, 2.75) is 20.0 Å². The summed E-state index contributed by atoms with van der Waals surface area (Å²) in [4.78, 5) is 24.0. The van der Waals surface area contributed by atoms with Gasteiger partial charge in [0.2, 0.25) is 0 Å². The fourth-order valence-electron chi connectivity index (χ4n) is 1.01. The van der Waals surface area contributed by atoms with Crippen LogP contribution in [0.5, 0.6) is 0 Å². The Morgan fingerprint density at radius 3 is 2.64 bits per heavy atom. The second-order valence-corrected chi connectivity index (χ2v) is 3.91. The van der Waals surface area contributed by atoms with Crippen LogP contribution in [0.1, 0.15) is 13.8 Å². The first-order chi connectivity index (χ1) is 6.56. The molecule has 0 bridgehead atoms. The van der Waals surface area contributed by atoms with Crippen LogP contribution in [0.4, 0.5) is 4.79 Å². The molecule has 0 aliphatic carbocycles. The normalized spacial score (nSPS) is 21.1. The molecule has 1 heterocycles. The van der Waals surface area contributed by atoms with Crippen molar-refractivity contribution in [1.82, 2.24) is 0 Å². The van der Waals surface area contributed by atoms with E-state index in [1.54, 1.807) is 18.8 Å². The van der Waals surface area contributed by atoms with Gasteiger partial charge in [0.1, 0.15) is 0 Å². The second-order valence-electron chi connectivity index (χ2n) is 2.59. The summed E-state index contributed by atoms with van der Waals surface area (Å²) in [5, 5.41) is 0. The molecule has 0 amide bonds. The van der Waals surface area contributed by atoms with Crippen LogP contribution in [0.3, 0.4) is 0 Å². The van der Waals surface area contributed by atoms with E-state index in [1.165, 1.54) is 0 Å². The molecule has 0 N–H and O–H groups in total. The summed E-state index contributed by atoms with van der Waals surface area (Å²) in [6.45, 7) is 3.17. The Labute approximate surface area is 92.2 Å². The number of Topliss-reactive ketones (excluding diaryl/α,β-unsaturated/α-hetero) is 1. The fourth-order valence-corrected chi connectivity index (χ4v) is 1.46. The summed E-state index contributed by atoms with van der Waals surface area (Å²) in [6.07, 6.45) is -1.41. The van der Waals surface area contributed by atoms with E-state index < -0.39 is 33.9 Å². The topological polar surface area (TPSA) is 61.8 Å².